The van der Waals surface area contributed by atoms with Crippen molar-refractivity contribution in [3.63, 3.8) is 0 Å². The molecule has 4 rings (SSSR count). The number of nitrogens with one attached hydrogen (secondary N) is 1. The van der Waals surface area contributed by atoms with Gasteiger partial charge in [0.05, 0.1) is 16.6 Å². The molecule has 2 heterocycles. The largest absolute Gasteiger partial charge is 0.302 e. The summed E-state index contributed by atoms with van der Waals surface area (Å²) in [6, 6.07) is 17.8. The van der Waals surface area contributed by atoms with Gasteiger partial charge in [-0.1, -0.05) is 45.5 Å². The Labute approximate surface area is 163 Å². The number of thiazole rings is 1. The fourth-order valence-electron chi connectivity index (χ4n) is 2.65. The Morgan fingerprint density at radius 3 is 2.54 bits per heavy atom. The van der Waals surface area contributed by atoms with Crippen LogP contribution in [-0.2, 0) is 11.2 Å². The molecule has 128 valence electrons. The standard InChI is InChI=1S/C20H14BrN3OS/c21-16-4-1-13(2-5-16)11-19(25)24-20-23-17-6-3-15(12-18(17)26-20)14-7-9-22-10-8-14/h1-10,12H,11H2,(H,23,24,25). The number of carbonyl (C=O) groups is 1. The Hall–Kier alpha value is -2.57. The zero-order valence-electron chi connectivity index (χ0n) is 13.6. The van der Waals surface area contributed by atoms with Gasteiger partial charge in [0.2, 0.25) is 5.91 Å². The first-order valence-electron chi connectivity index (χ1n) is 8.03. The minimum absolute atomic E-state index is 0.0688. The number of rotatable bonds is 4. The average Bonchev–Trinajstić information content (AvgIpc) is 3.05. The molecule has 0 unspecified atom stereocenters. The predicted octanol–water partition coefficient (Wildman–Crippen LogP) is 5.30. The first kappa shape index (κ1) is 16.9. The van der Waals surface area contributed by atoms with Crippen LogP contribution in [-0.4, -0.2) is 15.9 Å². The van der Waals surface area contributed by atoms with Crippen molar-refractivity contribution in [2.24, 2.45) is 0 Å². The summed E-state index contributed by atoms with van der Waals surface area (Å²) >= 11 is 4.88. The van der Waals surface area contributed by atoms with Gasteiger partial charge in [-0.15, -0.1) is 0 Å². The highest BCUT2D eigenvalue weighted by Crippen LogP contribution is 2.30. The third-order valence-electron chi connectivity index (χ3n) is 3.93. The van der Waals surface area contributed by atoms with Crippen molar-refractivity contribution in [1.29, 1.82) is 0 Å². The van der Waals surface area contributed by atoms with Gasteiger partial charge in [0.15, 0.2) is 5.13 Å². The zero-order chi connectivity index (χ0) is 17.9. The van der Waals surface area contributed by atoms with Crippen molar-refractivity contribution >= 4 is 48.5 Å². The summed E-state index contributed by atoms with van der Waals surface area (Å²) in [7, 11) is 0. The fraction of sp³-hybridized carbons (Fsp3) is 0.0500. The number of amides is 1. The van der Waals surface area contributed by atoms with E-state index in [0.29, 0.717) is 11.6 Å². The molecule has 0 saturated carbocycles. The van der Waals surface area contributed by atoms with Gasteiger partial charge in [0.1, 0.15) is 0 Å². The van der Waals surface area contributed by atoms with Crippen LogP contribution in [0.4, 0.5) is 5.13 Å². The molecule has 0 saturated heterocycles. The van der Waals surface area contributed by atoms with Gasteiger partial charge in [0.25, 0.3) is 0 Å². The lowest BCUT2D eigenvalue weighted by Crippen LogP contribution is -2.14. The van der Waals surface area contributed by atoms with E-state index in [4.69, 9.17) is 0 Å². The molecule has 0 radical (unpaired) electrons. The third kappa shape index (κ3) is 3.81. The second-order valence-corrected chi connectivity index (χ2v) is 7.74. The number of carbonyl (C=O) groups excluding carboxylic acids is 1. The van der Waals surface area contributed by atoms with E-state index >= 15 is 0 Å². The first-order chi connectivity index (χ1) is 12.7. The number of pyridine rings is 1. The van der Waals surface area contributed by atoms with E-state index in [2.05, 4.69) is 37.3 Å². The number of fused-ring (bicyclic) bond motifs is 1. The van der Waals surface area contributed by atoms with Crippen molar-refractivity contribution in [3.8, 4) is 11.1 Å². The predicted molar refractivity (Wildman–Crippen MR) is 109 cm³/mol. The minimum Gasteiger partial charge on any atom is -0.302 e. The third-order valence-corrected chi connectivity index (χ3v) is 5.39. The lowest BCUT2D eigenvalue weighted by atomic mass is 10.1. The summed E-state index contributed by atoms with van der Waals surface area (Å²) in [5.41, 5.74) is 4.06. The van der Waals surface area contributed by atoms with Gasteiger partial charge in [-0.2, -0.15) is 0 Å². The smallest absolute Gasteiger partial charge is 0.230 e. The number of benzene rings is 2. The topological polar surface area (TPSA) is 54.9 Å². The summed E-state index contributed by atoms with van der Waals surface area (Å²) in [5.74, 6) is -0.0688. The molecule has 0 fully saturated rings. The number of hydrogen-bond donors (Lipinski definition) is 1. The van der Waals surface area contributed by atoms with Gasteiger partial charge in [-0.3, -0.25) is 9.78 Å². The van der Waals surface area contributed by atoms with Crippen molar-refractivity contribution in [1.82, 2.24) is 9.97 Å². The SMILES string of the molecule is O=C(Cc1ccc(Br)cc1)Nc1nc2ccc(-c3ccncc3)cc2s1. The molecule has 0 spiro atoms. The van der Waals surface area contributed by atoms with Gasteiger partial charge in [-0.25, -0.2) is 4.98 Å². The van der Waals surface area contributed by atoms with E-state index in [9.17, 15) is 4.79 Å². The maximum absolute atomic E-state index is 12.3. The van der Waals surface area contributed by atoms with E-state index in [-0.39, 0.29) is 5.91 Å². The second kappa shape index (κ2) is 7.35. The van der Waals surface area contributed by atoms with E-state index in [1.807, 2.05) is 48.5 Å². The van der Waals surface area contributed by atoms with Crippen LogP contribution in [0, 0.1) is 0 Å². The van der Waals surface area contributed by atoms with Crippen LogP contribution in [0.2, 0.25) is 0 Å². The molecule has 4 nitrogen and oxygen atoms in total. The maximum Gasteiger partial charge on any atom is 0.230 e. The van der Waals surface area contributed by atoms with Crippen molar-refractivity contribution in [3.05, 3.63) is 77.0 Å². The van der Waals surface area contributed by atoms with E-state index in [0.717, 1.165) is 31.4 Å². The molecule has 26 heavy (non-hydrogen) atoms. The van der Waals surface area contributed by atoms with Crippen LogP contribution in [0.5, 0.6) is 0 Å². The van der Waals surface area contributed by atoms with Gasteiger partial charge in [-0.05, 0) is 53.1 Å². The number of aromatic nitrogens is 2. The number of hydrogen-bond acceptors (Lipinski definition) is 4. The Balaban J connectivity index is 1.52. The van der Waals surface area contributed by atoms with Gasteiger partial charge < -0.3 is 5.32 Å². The fourth-order valence-corrected chi connectivity index (χ4v) is 3.84. The van der Waals surface area contributed by atoms with Crippen LogP contribution in [0.3, 0.4) is 0 Å². The molecular weight excluding hydrogens is 410 g/mol. The van der Waals surface area contributed by atoms with Gasteiger partial charge >= 0.3 is 0 Å². The van der Waals surface area contributed by atoms with Crippen molar-refractivity contribution in [2.45, 2.75) is 6.42 Å². The monoisotopic (exact) mass is 423 g/mol. The van der Waals surface area contributed by atoms with E-state index in [1.54, 1.807) is 12.4 Å². The molecular formula is C20H14BrN3OS. The van der Waals surface area contributed by atoms with Crippen molar-refractivity contribution < 1.29 is 4.79 Å². The summed E-state index contributed by atoms with van der Waals surface area (Å²) < 4.78 is 2.04. The lowest BCUT2D eigenvalue weighted by Gasteiger charge is -2.02. The van der Waals surface area contributed by atoms with Crippen LogP contribution in [0.15, 0.2) is 71.5 Å². The Morgan fingerprint density at radius 2 is 1.77 bits per heavy atom. The molecule has 1 N–H and O–H groups in total. The molecule has 0 atom stereocenters. The quantitative estimate of drug-likeness (QED) is 0.484. The molecule has 0 aliphatic rings. The summed E-state index contributed by atoms with van der Waals surface area (Å²) in [6.07, 6.45) is 3.88. The summed E-state index contributed by atoms with van der Waals surface area (Å²) in [6.45, 7) is 0. The lowest BCUT2D eigenvalue weighted by molar-refractivity contribution is -0.115. The highest BCUT2D eigenvalue weighted by molar-refractivity contribution is 9.10. The molecule has 1 amide bonds. The average molecular weight is 424 g/mol. The van der Waals surface area contributed by atoms with Crippen molar-refractivity contribution in [2.75, 3.05) is 5.32 Å². The maximum atomic E-state index is 12.3. The van der Waals surface area contributed by atoms with Gasteiger partial charge in [0, 0.05) is 16.9 Å². The van der Waals surface area contributed by atoms with Crippen LogP contribution in [0.25, 0.3) is 21.3 Å². The molecule has 6 heteroatoms. The zero-order valence-corrected chi connectivity index (χ0v) is 16.0. The van der Waals surface area contributed by atoms with E-state index < -0.39 is 0 Å². The minimum atomic E-state index is -0.0688. The Bertz CT molecular complexity index is 1060. The number of anilines is 1. The normalized spacial score (nSPS) is 10.8. The van der Waals surface area contributed by atoms with Crippen LogP contribution < -0.4 is 5.32 Å². The highest BCUT2D eigenvalue weighted by Gasteiger charge is 2.10. The first-order valence-corrected chi connectivity index (χ1v) is 9.63. The summed E-state index contributed by atoms with van der Waals surface area (Å²) in [5, 5.41) is 3.52. The van der Waals surface area contributed by atoms with E-state index in [1.165, 1.54) is 11.3 Å². The molecule has 0 aliphatic carbocycles. The molecule has 2 aromatic carbocycles. The molecule has 0 aliphatic heterocycles. The summed E-state index contributed by atoms with van der Waals surface area (Å²) in [4.78, 5) is 20.8. The Morgan fingerprint density at radius 1 is 1.00 bits per heavy atom. The number of halogens is 1. The molecule has 4 aromatic rings. The molecule has 2 aromatic heterocycles. The van der Waals surface area contributed by atoms with Crippen LogP contribution >= 0.6 is 27.3 Å². The second-order valence-electron chi connectivity index (χ2n) is 5.79. The number of nitrogens with zero attached hydrogens (tertiary/aromatic N) is 2. The molecule has 0 bridgehead atoms. The van der Waals surface area contributed by atoms with Crippen LogP contribution in [0.1, 0.15) is 5.56 Å². The highest BCUT2D eigenvalue weighted by atomic mass is 79.9. The Kier molecular flexibility index (Phi) is 4.77.